The van der Waals surface area contributed by atoms with Gasteiger partial charge in [-0.25, -0.2) is 0 Å². The fraction of sp³-hybridized carbons (Fsp3) is 0.761. The molecule has 6 heteroatoms. The van der Waals surface area contributed by atoms with Crippen molar-refractivity contribution in [1.82, 2.24) is 0 Å². The van der Waals surface area contributed by atoms with Gasteiger partial charge in [-0.15, -0.1) is 0 Å². The number of hydrogen-bond donors (Lipinski definition) is 0. The Balaban J connectivity index is 4.48. The lowest BCUT2D eigenvalue weighted by Gasteiger charge is -2.18. The van der Waals surface area contributed by atoms with Crippen molar-refractivity contribution in [3.63, 3.8) is 0 Å². The minimum atomic E-state index is -0.806. The summed E-state index contributed by atoms with van der Waals surface area (Å²) < 4.78 is 16.5. The van der Waals surface area contributed by atoms with E-state index < -0.39 is 6.10 Å². The second-order valence-electron chi connectivity index (χ2n) is 14.2. The molecule has 1 unspecified atom stereocenters. The van der Waals surface area contributed by atoms with Gasteiger partial charge in [0.2, 0.25) is 0 Å². The number of esters is 3. The number of carbonyl (C=O) groups is 3. The second-order valence-corrected chi connectivity index (χ2v) is 14.2. The van der Waals surface area contributed by atoms with Crippen LogP contribution in [0.2, 0.25) is 0 Å². The lowest BCUT2D eigenvalue weighted by Crippen LogP contribution is -2.30. The summed E-state index contributed by atoms with van der Waals surface area (Å²) in [4.78, 5) is 37.5. The standard InChI is InChI=1S/C46H80O6/c1-4-7-10-13-16-19-21-23-25-27-30-33-36-39-45(48)51-42-43(41-50-44(47)38-35-32-29-26-18-15-12-9-6-3)52-46(49)40-37-34-31-28-24-22-20-17-14-11-8-5-2/h17,20,23,25-26,29-30,33,43H,4-16,18-19,21-22,24,27-28,31-32,34-42H2,1-3H3/b20-17-,25-23-,29-26-,33-30-. The highest BCUT2D eigenvalue weighted by atomic mass is 16.6. The molecule has 52 heavy (non-hydrogen) atoms. The van der Waals surface area contributed by atoms with Gasteiger partial charge in [0.25, 0.3) is 0 Å². The number of unbranched alkanes of at least 4 members (excludes halogenated alkanes) is 19. The van der Waals surface area contributed by atoms with E-state index in [1.54, 1.807) is 0 Å². The molecule has 0 bridgehead atoms. The molecule has 0 heterocycles. The van der Waals surface area contributed by atoms with Gasteiger partial charge in [-0.2, -0.15) is 0 Å². The molecular formula is C46H80O6. The van der Waals surface area contributed by atoms with E-state index in [1.165, 1.54) is 96.3 Å². The van der Waals surface area contributed by atoms with Gasteiger partial charge in [0, 0.05) is 19.3 Å². The van der Waals surface area contributed by atoms with E-state index in [1.807, 2.05) is 6.08 Å². The Morgan fingerprint density at radius 1 is 0.385 bits per heavy atom. The first-order valence-electron chi connectivity index (χ1n) is 21.6. The first kappa shape index (κ1) is 49.4. The van der Waals surface area contributed by atoms with E-state index in [2.05, 4.69) is 63.3 Å². The molecule has 0 aliphatic rings. The molecular weight excluding hydrogens is 648 g/mol. The third-order valence-electron chi connectivity index (χ3n) is 9.04. The van der Waals surface area contributed by atoms with Gasteiger partial charge >= 0.3 is 17.9 Å². The Morgan fingerprint density at radius 3 is 1.31 bits per heavy atom. The van der Waals surface area contributed by atoms with Crippen LogP contribution in [-0.4, -0.2) is 37.2 Å². The van der Waals surface area contributed by atoms with Crippen molar-refractivity contribution >= 4 is 17.9 Å². The van der Waals surface area contributed by atoms with Gasteiger partial charge in [0.05, 0.1) is 0 Å². The van der Waals surface area contributed by atoms with Crippen LogP contribution in [0.15, 0.2) is 48.6 Å². The average molecular weight is 729 g/mol. The predicted molar refractivity (Wildman–Crippen MR) is 219 cm³/mol. The zero-order chi connectivity index (χ0) is 38.0. The third-order valence-corrected chi connectivity index (χ3v) is 9.04. The maximum atomic E-state index is 12.7. The molecule has 6 nitrogen and oxygen atoms in total. The maximum absolute atomic E-state index is 12.7. The lowest BCUT2D eigenvalue weighted by molar-refractivity contribution is -0.166. The van der Waals surface area contributed by atoms with Gasteiger partial charge in [0.15, 0.2) is 6.10 Å². The first-order chi connectivity index (χ1) is 25.5. The van der Waals surface area contributed by atoms with Gasteiger partial charge in [0.1, 0.15) is 13.2 Å². The van der Waals surface area contributed by atoms with Crippen LogP contribution in [0.25, 0.3) is 0 Å². The quantitative estimate of drug-likeness (QED) is 0.0272. The summed E-state index contributed by atoms with van der Waals surface area (Å²) in [7, 11) is 0. The van der Waals surface area contributed by atoms with Gasteiger partial charge in [-0.3, -0.25) is 14.4 Å². The molecule has 0 rings (SSSR count). The zero-order valence-electron chi connectivity index (χ0n) is 34.1. The highest BCUT2D eigenvalue weighted by molar-refractivity contribution is 5.71. The SMILES string of the molecule is CCCCC/C=C\CCCCCCCC(=O)OC(COC(=O)CC/C=C\C/C=C\CCCCCCCC)COC(=O)CCC/C=C\CCCCCC. The Bertz CT molecular complexity index is 933. The summed E-state index contributed by atoms with van der Waals surface area (Å²) >= 11 is 0. The summed E-state index contributed by atoms with van der Waals surface area (Å²) in [6, 6.07) is 0. The predicted octanol–water partition coefficient (Wildman–Crippen LogP) is 13.6. The van der Waals surface area contributed by atoms with E-state index in [0.717, 1.165) is 57.8 Å². The van der Waals surface area contributed by atoms with Crippen LogP contribution in [-0.2, 0) is 28.6 Å². The summed E-state index contributed by atoms with van der Waals surface area (Å²) in [5, 5.41) is 0. The van der Waals surface area contributed by atoms with Crippen LogP contribution in [0.1, 0.15) is 207 Å². The van der Waals surface area contributed by atoms with Crippen molar-refractivity contribution in [2.24, 2.45) is 0 Å². The van der Waals surface area contributed by atoms with E-state index in [0.29, 0.717) is 25.7 Å². The average Bonchev–Trinajstić information content (AvgIpc) is 3.14. The van der Waals surface area contributed by atoms with Gasteiger partial charge < -0.3 is 14.2 Å². The van der Waals surface area contributed by atoms with Crippen LogP contribution >= 0.6 is 0 Å². The van der Waals surface area contributed by atoms with Crippen molar-refractivity contribution in [1.29, 1.82) is 0 Å². The van der Waals surface area contributed by atoms with Crippen molar-refractivity contribution in [3.8, 4) is 0 Å². The number of ether oxygens (including phenoxy) is 3. The Labute approximate surface area is 320 Å². The number of carbonyl (C=O) groups excluding carboxylic acids is 3. The van der Waals surface area contributed by atoms with Crippen LogP contribution in [0.5, 0.6) is 0 Å². The Kier molecular flexibility index (Phi) is 39.1. The van der Waals surface area contributed by atoms with E-state index >= 15 is 0 Å². The summed E-state index contributed by atoms with van der Waals surface area (Å²) in [6.07, 6.45) is 46.8. The van der Waals surface area contributed by atoms with Gasteiger partial charge in [-0.1, -0.05) is 153 Å². The van der Waals surface area contributed by atoms with Gasteiger partial charge in [-0.05, 0) is 83.5 Å². The smallest absolute Gasteiger partial charge is 0.306 e. The molecule has 0 aromatic heterocycles. The fourth-order valence-corrected chi connectivity index (χ4v) is 5.73. The third kappa shape index (κ3) is 38.6. The lowest BCUT2D eigenvalue weighted by atomic mass is 10.1. The molecule has 0 saturated carbocycles. The van der Waals surface area contributed by atoms with Crippen molar-refractivity contribution in [2.45, 2.75) is 213 Å². The molecule has 1 atom stereocenters. The highest BCUT2D eigenvalue weighted by Gasteiger charge is 2.19. The van der Waals surface area contributed by atoms with Crippen LogP contribution in [0.3, 0.4) is 0 Å². The van der Waals surface area contributed by atoms with E-state index in [4.69, 9.17) is 14.2 Å². The number of hydrogen-bond acceptors (Lipinski definition) is 6. The highest BCUT2D eigenvalue weighted by Crippen LogP contribution is 2.12. The minimum Gasteiger partial charge on any atom is -0.462 e. The number of rotatable bonds is 38. The normalized spacial score (nSPS) is 12.4. The molecule has 0 saturated heterocycles. The Morgan fingerprint density at radius 2 is 0.750 bits per heavy atom. The van der Waals surface area contributed by atoms with E-state index in [-0.39, 0.29) is 37.5 Å². The maximum Gasteiger partial charge on any atom is 0.306 e. The topological polar surface area (TPSA) is 78.9 Å². The van der Waals surface area contributed by atoms with Crippen molar-refractivity contribution in [2.75, 3.05) is 13.2 Å². The molecule has 0 radical (unpaired) electrons. The molecule has 0 aliphatic carbocycles. The molecule has 0 N–H and O–H groups in total. The zero-order valence-corrected chi connectivity index (χ0v) is 34.1. The summed E-state index contributed by atoms with van der Waals surface area (Å²) in [5.74, 6) is -1.03. The number of allylic oxidation sites excluding steroid dienone is 8. The van der Waals surface area contributed by atoms with Crippen LogP contribution < -0.4 is 0 Å². The van der Waals surface area contributed by atoms with Crippen molar-refractivity contribution in [3.05, 3.63) is 48.6 Å². The molecule has 0 aromatic rings. The van der Waals surface area contributed by atoms with Crippen LogP contribution in [0.4, 0.5) is 0 Å². The molecule has 300 valence electrons. The van der Waals surface area contributed by atoms with Crippen molar-refractivity contribution < 1.29 is 28.6 Å². The Hall–Kier alpha value is -2.63. The van der Waals surface area contributed by atoms with Crippen LogP contribution in [0, 0.1) is 0 Å². The first-order valence-corrected chi connectivity index (χ1v) is 21.6. The molecule has 0 fully saturated rings. The molecule has 0 spiro atoms. The monoisotopic (exact) mass is 729 g/mol. The van der Waals surface area contributed by atoms with E-state index in [9.17, 15) is 14.4 Å². The molecule has 0 aromatic carbocycles. The summed E-state index contributed by atoms with van der Waals surface area (Å²) in [6.45, 7) is 6.46. The largest absolute Gasteiger partial charge is 0.462 e. The summed E-state index contributed by atoms with van der Waals surface area (Å²) in [5.41, 5.74) is 0. The fourth-order valence-electron chi connectivity index (χ4n) is 5.73. The molecule has 0 aliphatic heterocycles. The minimum absolute atomic E-state index is 0.109. The second kappa shape index (κ2) is 41.1. The molecule has 0 amide bonds.